The Kier molecular flexibility index (Phi) is 3.97. The molecule has 0 atom stereocenters. The second-order valence-electron chi connectivity index (χ2n) is 3.77. The molecule has 3 nitrogen and oxygen atoms in total. The summed E-state index contributed by atoms with van der Waals surface area (Å²) in [6, 6.07) is 11.9. The Labute approximate surface area is 106 Å². The summed E-state index contributed by atoms with van der Waals surface area (Å²) in [6.07, 6.45) is 7.17. The maximum absolute atomic E-state index is 11.2. The molecule has 0 aliphatic carbocycles. The average molecular weight is 241 g/mol. The topological polar surface area (TPSA) is 31.2 Å². The van der Waals surface area contributed by atoms with Gasteiger partial charge in [0.05, 0.1) is 6.61 Å². The van der Waals surface area contributed by atoms with Crippen LogP contribution in [0.3, 0.4) is 0 Å². The van der Waals surface area contributed by atoms with Gasteiger partial charge >= 0.3 is 5.97 Å². The number of nitrogens with zero attached hydrogens (tertiary/aromatic N) is 1. The monoisotopic (exact) mass is 241 g/mol. The van der Waals surface area contributed by atoms with Gasteiger partial charge < -0.3 is 9.30 Å². The van der Waals surface area contributed by atoms with Crippen LogP contribution in [0.15, 0.2) is 54.9 Å². The molecule has 2 aromatic rings. The van der Waals surface area contributed by atoms with Gasteiger partial charge in [0.25, 0.3) is 0 Å². The summed E-state index contributed by atoms with van der Waals surface area (Å²) in [5, 5.41) is 0. The zero-order valence-corrected chi connectivity index (χ0v) is 10.2. The second kappa shape index (κ2) is 5.87. The van der Waals surface area contributed by atoms with Crippen molar-refractivity contribution in [2.75, 3.05) is 6.61 Å². The Bertz CT molecular complexity index is 524. The lowest BCUT2D eigenvalue weighted by molar-refractivity contribution is -0.137. The normalized spacial score (nSPS) is 10.7. The van der Waals surface area contributed by atoms with Gasteiger partial charge in [-0.2, -0.15) is 0 Å². The van der Waals surface area contributed by atoms with Crippen LogP contribution < -0.4 is 0 Å². The molecule has 0 radical (unpaired) electrons. The smallest absolute Gasteiger partial charge is 0.330 e. The highest BCUT2D eigenvalue weighted by Gasteiger charge is 1.96. The molecule has 92 valence electrons. The summed E-state index contributed by atoms with van der Waals surface area (Å²) in [5.74, 6) is -0.313. The van der Waals surface area contributed by atoms with Crippen LogP contribution in [-0.4, -0.2) is 17.1 Å². The number of carbonyl (C=O) groups is 1. The van der Waals surface area contributed by atoms with E-state index in [9.17, 15) is 4.79 Å². The summed E-state index contributed by atoms with van der Waals surface area (Å²) < 4.78 is 6.84. The third kappa shape index (κ3) is 3.10. The third-order valence-corrected chi connectivity index (χ3v) is 2.49. The lowest BCUT2D eigenvalue weighted by Gasteiger charge is -2.02. The van der Waals surface area contributed by atoms with Crippen molar-refractivity contribution in [2.24, 2.45) is 0 Å². The van der Waals surface area contributed by atoms with E-state index >= 15 is 0 Å². The standard InChI is InChI=1S/C15H15NO2/c1-2-18-15(17)10-7-13-5-8-14(9-6-13)16-11-3-4-12-16/h3-12H,2H2,1H3. The predicted molar refractivity (Wildman–Crippen MR) is 71.4 cm³/mol. The highest BCUT2D eigenvalue weighted by Crippen LogP contribution is 2.11. The molecule has 0 fully saturated rings. The predicted octanol–water partition coefficient (Wildman–Crippen LogP) is 3.05. The van der Waals surface area contributed by atoms with Gasteiger partial charge in [-0.1, -0.05) is 12.1 Å². The van der Waals surface area contributed by atoms with Crippen LogP contribution in [0.1, 0.15) is 12.5 Å². The van der Waals surface area contributed by atoms with E-state index in [1.807, 2.05) is 53.4 Å². The Morgan fingerprint density at radius 3 is 2.50 bits per heavy atom. The molecular weight excluding hydrogens is 226 g/mol. The Morgan fingerprint density at radius 2 is 1.89 bits per heavy atom. The average Bonchev–Trinajstić information content (AvgIpc) is 2.91. The van der Waals surface area contributed by atoms with Crippen LogP contribution in [0.4, 0.5) is 0 Å². The third-order valence-electron chi connectivity index (χ3n) is 2.49. The number of rotatable bonds is 4. The van der Waals surface area contributed by atoms with Crippen molar-refractivity contribution in [3.8, 4) is 5.69 Å². The van der Waals surface area contributed by atoms with Crippen molar-refractivity contribution in [2.45, 2.75) is 6.92 Å². The van der Waals surface area contributed by atoms with E-state index in [0.29, 0.717) is 6.61 Å². The van der Waals surface area contributed by atoms with Crippen molar-refractivity contribution in [3.63, 3.8) is 0 Å². The minimum absolute atomic E-state index is 0.313. The number of hydrogen-bond donors (Lipinski definition) is 0. The number of esters is 1. The maximum Gasteiger partial charge on any atom is 0.330 e. The molecule has 0 aliphatic rings. The molecule has 2 rings (SSSR count). The van der Waals surface area contributed by atoms with E-state index in [4.69, 9.17) is 4.74 Å². The number of benzene rings is 1. The lowest BCUT2D eigenvalue weighted by Crippen LogP contribution is -1.98. The van der Waals surface area contributed by atoms with Gasteiger partial charge in [0, 0.05) is 24.2 Å². The minimum atomic E-state index is -0.313. The molecule has 0 saturated heterocycles. The molecule has 0 N–H and O–H groups in total. The van der Waals surface area contributed by atoms with Gasteiger partial charge in [-0.3, -0.25) is 0 Å². The summed E-state index contributed by atoms with van der Waals surface area (Å²) >= 11 is 0. The maximum atomic E-state index is 11.2. The summed E-state index contributed by atoms with van der Waals surface area (Å²) in [7, 11) is 0. The van der Waals surface area contributed by atoms with E-state index < -0.39 is 0 Å². The molecule has 1 heterocycles. The van der Waals surface area contributed by atoms with Crippen molar-refractivity contribution in [1.29, 1.82) is 0 Å². The van der Waals surface area contributed by atoms with Crippen LogP contribution in [-0.2, 0) is 9.53 Å². The van der Waals surface area contributed by atoms with Gasteiger partial charge in [0.2, 0.25) is 0 Å². The van der Waals surface area contributed by atoms with Gasteiger partial charge in [-0.15, -0.1) is 0 Å². The fraction of sp³-hybridized carbons (Fsp3) is 0.133. The van der Waals surface area contributed by atoms with E-state index in [1.165, 1.54) is 6.08 Å². The van der Waals surface area contributed by atoms with E-state index in [1.54, 1.807) is 13.0 Å². The lowest BCUT2D eigenvalue weighted by atomic mass is 10.2. The zero-order chi connectivity index (χ0) is 12.8. The highest BCUT2D eigenvalue weighted by atomic mass is 16.5. The van der Waals surface area contributed by atoms with Crippen molar-refractivity contribution in [3.05, 3.63) is 60.4 Å². The molecule has 0 unspecified atom stereocenters. The van der Waals surface area contributed by atoms with Crippen LogP contribution in [0, 0.1) is 0 Å². The fourth-order valence-electron chi connectivity index (χ4n) is 1.62. The molecule has 3 heteroatoms. The Balaban J connectivity index is 2.06. The first kappa shape index (κ1) is 12.2. The minimum Gasteiger partial charge on any atom is -0.463 e. The van der Waals surface area contributed by atoms with Crippen molar-refractivity contribution in [1.82, 2.24) is 4.57 Å². The van der Waals surface area contributed by atoms with Crippen LogP contribution in [0.5, 0.6) is 0 Å². The molecular formula is C15H15NO2. The number of hydrogen-bond acceptors (Lipinski definition) is 2. The van der Waals surface area contributed by atoms with Crippen molar-refractivity contribution >= 4 is 12.0 Å². The van der Waals surface area contributed by atoms with Gasteiger partial charge in [0.15, 0.2) is 0 Å². The SMILES string of the molecule is CCOC(=O)C=Cc1ccc(-n2cccc2)cc1. The number of aromatic nitrogens is 1. The summed E-state index contributed by atoms with van der Waals surface area (Å²) in [5.41, 5.74) is 2.06. The highest BCUT2D eigenvalue weighted by molar-refractivity contribution is 5.87. The fourth-order valence-corrected chi connectivity index (χ4v) is 1.62. The van der Waals surface area contributed by atoms with Crippen LogP contribution in [0.25, 0.3) is 11.8 Å². The summed E-state index contributed by atoms with van der Waals surface area (Å²) in [4.78, 5) is 11.2. The first-order valence-corrected chi connectivity index (χ1v) is 5.88. The summed E-state index contributed by atoms with van der Waals surface area (Å²) in [6.45, 7) is 2.19. The molecule has 1 aromatic carbocycles. The van der Waals surface area contributed by atoms with Gasteiger partial charge in [-0.05, 0) is 42.8 Å². The molecule has 0 aliphatic heterocycles. The van der Waals surface area contributed by atoms with E-state index in [-0.39, 0.29) is 5.97 Å². The molecule has 0 amide bonds. The first-order chi connectivity index (χ1) is 8.79. The van der Waals surface area contributed by atoms with Crippen LogP contribution >= 0.6 is 0 Å². The number of ether oxygens (including phenoxy) is 1. The quantitative estimate of drug-likeness (QED) is 0.608. The van der Waals surface area contributed by atoms with E-state index in [2.05, 4.69) is 0 Å². The van der Waals surface area contributed by atoms with Gasteiger partial charge in [-0.25, -0.2) is 4.79 Å². The second-order valence-corrected chi connectivity index (χ2v) is 3.77. The molecule has 0 spiro atoms. The Morgan fingerprint density at radius 1 is 1.22 bits per heavy atom. The molecule has 18 heavy (non-hydrogen) atoms. The number of carbonyl (C=O) groups excluding carboxylic acids is 1. The van der Waals surface area contributed by atoms with Crippen molar-refractivity contribution < 1.29 is 9.53 Å². The first-order valence-electron chi connectivity index (χ1n) is 5.88. The van der Waals surface area contributed by atoms with E-state index in [0.717, 1.165) is 11.3 Å². The molecule has 0 saturated carbocycles. The molecule has 1 aromatic heterocycles. The molecule has 0 bridgehead atoms. The van der Waals surface area contributed by atoms with Crippen LogP contribution in [0.2, 0.25) is 0 Å². The zero-order valence-electron chi connectivity index (χ0n) is 10.2. The largest absolute Gasteiger partial charge is 0.463 e. The van der Waals surface area contributed by atoms with Gasteiger partial charge in [0.1, 0.15) is 0 Å². The Hall–Kier alpha value is -2.29.